The Labute approximate surface area is 73.6 Å². The molecule has 12 heavy (non-hydrogen) atoms. The second-order valence-corrected chi connectivity index (χ2v) is 2.90. The largest absolute Gasteiger partial charge is 0.489 e. The van der Waals surface area contributed by atoms with Crippen molar-refractivity contribution in [1.29, 1.82) is 0 Å². The molecule has 0 aromatic heterocycles. The van der Waals surface area contributed by atoms with Gasteiger partial charge in [-0.05, 0) is 32.1 Å². The molecule has 0 spiro atoms. The van der Waals surface area contributed by atoms with Crippen LogP contribution in [0.25, 0.3) is 0 Å². The number of hydrogen-bond donors (Lipinski definition) is 0. The molecule has 1 rings (SSSR count). The average molecular weight is 165 g/mol. The number of rotatable bonds is 5. The summed E-state index contributed by atoms with van der Waals surface area (Å²) in [7, 11) is 0. The number of aliphatic imine (C=N–C) groups is 1. The van der Waals surface area contributed by atoms with Gasteiger partial charge in [-0.2, -0.15) is 0 Å². The van der Waals surface area contributed by atoms with E-state index in [4.69, 9.17) is 4.74 Å². The minimum Gasteiger partial charge on any atom is -0.489 e. The van der Waals surface area contributed by atoms with E-state index in [0.717, 1.165) is 25.0 Å². The fourth-order valence-corrected chi connectivity index (χ4v) is 0.863. The average Bonchev–Trinajstić information content (AvgIpc) is 2.86. The second kappa shape index (κ2) is 4.10. The maximum absolute atomic E-state index is 5.58. The van der Waals surface area contributed by atoms with Crippen molar-refractivity contribution in [3.05, 3.63) is 24.1 Å². The van der Waals surface area contributed by atoms with Crippen molar-refractivity contribution in [2.75, 3.05) is 0 Å². The van der Waals surface area contributed by atoms with Crippen LogP contribution < -0.4 is 0 Å². The normalized spacial score (nSPS) is 17.2. The topological polar surface area (TPSA) is 21.6 Å². The summed E-state index contributed by atoms with van der Waals surface area (Å²) >= 11 is 0. The van der Waals surface area contributed by atoms with Crippen LogP contribution in [0.2, 0.25) is 0 Å². The first-order chi connectivity index (χ1) is 5.77. The third kappa shape index (κ3) is 2.53. The molecule has 0 N–H and O–H groups in total. The molecular weight excluding hydrogens is 150 g/mol. The summed E-state index contributed by atoms with van der Waals surface area (Å²) in [5, 5.41) is 0. The van der Waals surface area contributed by atoms with Crippen molar-refractivity contribution in [2.24, 2.45) is 4.99 Å². The Morgan fingerprint density at radius 2 is 2.33 bits per heavy atom. The lowest BCUT2D eigenvalue weighted by molar-refractivity contribution is 0.203. The molecule has 0 radical (unpaired) electrons. The van der Waals surface area contributed by atoms with Crippen LogP contribution in [-0.2, 0) is 4.74 Å². The standard InChI is InChI=1S/C10H15NO/c1-4-5-10(8(2)11-3)12-9-6-7-9/h5,9H,2-4,6-7H2,1H3/b10-5+. The summed E-state index contributed by atoms with van der Waals surface area (Å²) in [4.78, 5) is 3.75. The highest BCUT2D eigenvalue weighted by Gasteiger charge is 2.24. The Balaban J connectivity index is 2.52. The van der Waals surface area contributed by atoms with Gasteiger partial charge in [0.15, 0.2) is 0 Å². The van der Waals surface area contributed by atoms with Crippen molar-refractivity contribution < 1.29 is 4.74 Å². The highest BCUT2D eigenvalue weighted by atomic mass is 16.5. The second-order valence-electron chi connectivity index (χ2n) is 2.90. The molecule has 0 unspecified atom stereocenters. The third-order valence-corrected chi connectivity index (χ3v) is 1.68. The molecule has 0 saturated heterocycles. The minimum atomic E-state index is 0.404. The maximum atomic E-state index is 5.58. The number of allylic oxidation sites excluding steroid dienone is 1. The van der Waals surface area contributed by atoms with E-state index in [2.05, 4.69) is 25.2 Å². The first-order valence-electron chi connectivity index (χ1n) is 4.30. The van der Waals surface area contributed by atoms with Gasteiger partial charge in [0.1, 0.15) is 5.76 Å². The van der Waals surface area contributed by atoms with E-state index < -0.39 is 0 Å². The van der Waals surface area contributed by atoms with Crippen LogP contribution in [0.15, 0.2) is 29.1 Å². The van der Waals surface area contributed by atoms with E-state index >= 15 is 0 Å². The molecule has 2 nitrogen and oxygen atoms in total. The highest BCUT2D eigenvalue weighted by Crippen LogP contribution is 2.28. The molecule has 1 aliphatic rings. The van der Waals surface area contributed by atoms with E-state index in [-0.39, 0.29) is 0 Å². The van der Waals surface area contributed by atoms with Crippen LogP contribution >= 0.6 is 0 Å². The van der Waals surface area contributed by atoms with Crippen molar-refractivity contribution >= 4 is 6.72 Å². The Hall–Kier alpha value is -1.05. The van der Waals surface area contributed by atoms with Gasteiger partial charge in [0.2, 0.25) is 0 Å². The predicted octanol–water partition coefficient (Wildman–Crippen LogP) is 2.67. The summed E-state index contributed by atoms with van der Waals surface area (Å²) < 4.78 is 5.58. The zero-order valence-corrected chi connectivity index (χ0v) is 7.55. The zero-order chi connectivity index (χ0) is 8.97. The van der Waals surface area contributed by atoms with E-state index in [0.29, 0.717) is 11.8 Å². The van der Waals surface area contributed by atoms with Crippen LogP contribution in [0.1, 0.15) is 26.2 Å². The quantitative estimate of drug-likeness (QED) is 0.348. The molecule has 0 aromatic carbocycles. The molecule has 1 aliphatic carbocycles. The molecule has 66 valence electrons. The Morgan fingerprint density at radius 1 is 1.67 bits per heavy atom. The van der Waals surface area contributed by atoms with Gasteiger partial charge in [0.25, 0.3) is 0 Å². The van der Waals surface area contributed by atoms with Crippen LogP contribution in [0.5, 0.6) is 0 Å². The van der Waals surface area contributed by atoms with Crippen LogP contribution in [0.3, 0.4) is 0 Å². The molecule has 0 bridgehead atoms. The molecule has 2 heteroatoms. The number of ether oxygens (including phenoxy) is 1. The number of hydrogen-bond acceptors (Lipinski definition) is 2. The first kappa shape index (κ1) is 9.04. The van der Waals surface area contributed by atoms with Gasteiger partial charge in [-0.25, -0.2) is 0 Å². The van der Waals surface area contributed by atoms with Gasteiger partial charge in [0, 0.05) is 0 Å². The minimum absolute atomic E-state index is 0.404. The fourth-order valence-electron chi connectivity index (χ4n) is 0.863. The van der Waals surface area contributed by atoms with Crippen LogP contribution in [-0.4, -0.2) is 12.8 Å². The lowest BCUT2D eigenvalue weighted by atomic mass is 10.3. The fraction of sp³-hybridized carbons (Fsp3) is 0.500. The number of nitrogens with zero attached hydrogens (tertiary/aromatic N) is 1. The lowest BCUT2D eigenvalue weighted by Gasteiger charge is -2.07. The van der Waals surface area contributed by atoms with Crippen molar-refractivity contribution in [1.82, 2.24) is 0 Å². The van der Waals surface area contributed by atoms with Gasteiger partial charge in [-0.1, -0.05) is 13.5 Å². The molecule has 0 aliphatic heterocycles. The van der Waals surface area contributed by atoms with E-state index in [1.54, 1.807) is 0 Å². The van der Waals surface area contributed by atoms with Crippen molar-refractivity contribution in [2.45, 2.75) is 32.3 Å². The molecule has 0 amide bonds. The lowest BCUT2D eigenvalue weighted by Crippen LogP contribution is -1.95. The Morgan fingerprint density at radius 3 is 2.75 bits per heavy atom. The molecule has 1 saturated carbocycles. The molecule has 0 atom stereocenters. The summed E-state index contributed by atoms with van der Waals surface area (Å²) in [6.07, 6.45) is 5.66. The molecule has 0 heterocycles. The zero-order valence-electron chi connectivity index (χ0n) is 7.55. The monoisotopic (exact) mass is 165 g/mol. The van der Waals surface area contributed by atoms with Gasteiger partial charge >= 0.3 is 0 Å². The predicted molar refractivity (Wildman–Crippen MR) is 51.2 cm³/mol. The molecule has 0 aromatic rings. The highest BCUT2D eigenvalue weighted by molar-refractivity contribution is 5.34. The summed E-state index contributed by atoms with van der Waals surface area (Å²) in [6, 6.07) is 0. The summed E-state index contributed by atoms with van der Waals surface area (Å²) in [5.74, 6) is 0.801. The van der Waals surface area contributed by atoms with Crippen molar-refractivity contribution in [3.63, 3.8) is 0 Å². The molecule has 1 fully saturated rings. The van der Waals surface area contributed by atoms with E-state index in [1.165, 1.54) is 0 Å². The summed E-state index contributed by atoms with van der Waals surface area (Å²) in [6.45, 7) is 9.23. The van der Waals surface area contributed by atoms with Gasteiger partial charge in [-0.3, -0.25) is 4.99 Å². The van der Waals surface area contributed by atoms with Crippen molar-refractivity contribution in [3.8, 4) is 0 Å². The van der Waals surface area contributed by atoms with Gasteiger partial charge < -0.3 is 4.74 Å². The summed E-state index contributed by atoms with van der Waals surface area (Å²) in [5.41, 5.74) is 0.642. The smallest absolute Gasteiger partial charge is 0.140 e. The van der Waals surface area contributed by atoms with Gasteiger partial charge in [-0.15, -0.1) is 0 Å². The Kier molecular flexibility index (Phi) is 3.09. The first-order valence-corrected chi connectivity index (χ1v) is 4.30. The van der Waals surface area contributed by atoms with Crippen LogP contribution in [0, 0.1) is 0 Å². The Bertz CT molecular complexity index is 214. The van der Waals surface area contributed by atoms with E-state index in [9.17, 15) is 0 Å². The molecular formula is C10H15NO. The van der Waals surface area contributed by atoms with Gasteiger partial charge in [0.05, 0.1) is 11.8 Å². The SMILES string of the molecule is C=NC(=C)/C(=C\CC)OC1CC1. The maximum Gasteiger partial charge on any atom is 0.140 e. The third-order valence-electron chi connectivity index (χ3n) is 1.68. The van der Waals surface area contributed by atoms with E-state index in [1.807, 2.05) is 6.08 Å². The van der Waals surface area contributed by atoms with Crippen LogP contribution in [0.4, 0.5) is 0 Å².